The molecule has 0 unspecified atom stereocenters. The van der Waals surface area contributed by atoms with Crippen molar-refractivity contribution < 1.29 is 24.9 Å². The van der Waals surface area contributed by atoms with Crippen molar-refractivity contribution in [3.8, 4) is 0 Å². The highest BCUT2D eigenvalue weighted by Gasteiger charge is 2.46. The molecule has 0 heterocycles. The molecule has 0 amide bonds. The third-order valence-corrected chi connectivity index (χ3v) is 5.74. The topological polar surface area (TPSA) is 87.0 Å². The summed E-state index contributed by atoms with van der Waals surface area (Å²) in [6, 6.07) is 0. The average molecular weight is 362 g/mol. The van der Waals surface area contributed by atoms with Gasteiger partial charge in [-0.2, -0.15) is 0 Å². The molecule has 2 rings (SSSR count). The fraction of sp³-hybridized carbons (Fsp3) is 0.571. The van der Waals surface area contributed by atoms with Crippen molar-refractivity contribution >= 4 is 5.97 Å². The van der Waals surface area contributed by atoms with Crippen LogP contribution in [0.25, 0.3) is 0 Å². The molecule has 0 aromatic carbocycles. The molecular formula is C21H30O5. The lowest BCUT2D eigenvalue weighted by molar-refractivity contribution is -0.145. The summed E-state index contributed by atoms with van der Waals surface area (Å²) in [4.78, 5) is 12.1. The monoisotopic (exact) mass is 362 g/mol. The first-order chi connectivity index (χ1) is 12.3. The second-order valence-corrected chi connectivity index (χ2v) is 7.45. The molecule has 5 nitrogen and oxygen atoms in total. The Morgan fingerprint density at radius 3 is 2.81 bits per heavy atom. The number of fused-ring (bicyclic) bond motifs is 1. The second-order valence-electron chi connectivity index (χ2n) is 7.45. The first-order valence-corrected chi connectivity index (χ1v) is 9.24. The number of carbonyl (C=O) groups is 1. The van der Waals surface area contributed by atoms with Crippen molar-refractivity contribution in [2.45, 2.75) is 51.9 Å². The summed E-state index contributed by atoms with van der Waals surface area (Å²) in [7, 11) is 0. The molecular weight excluding hydrogens is 332 g/mol. The molecule has 144 valence electrons. The minimum absolute atomic E-state index is 0.0207. The lowest BCUT2D eigenvalue weighted by atomic mass is 9.61. The average Bonchev–Trinajstić information content (AvgIpc) is 2.61. The minimum atomic E-state index is -0.852. The number of aliphatic hydroxyl groups is 3. The van der Waals surface area contributed by atoms with Crippen LogP contribution >= 0.6 is 0 Å². The molecule has 0 aliphatic heterocycles. The number of hydrogen-bond donors (Lipinski definition) is 3. The number of aliphatic hydroxyl groups excluding tert-OH is 3. The molecule has 0 radical (unpaired) electrons. The summed E-state index contributed by atoms with van der Waals surface area (Å²) in [6.45, 7) is 6.10. The normalized spacial score (nSPS) is 35.4. The first-order valence-electron chi connectivity index (χ1n) is 9.24. The third-order valence-electron chi connectivity index (χ3n) is 5.74. The van der Waals surface area contributed by atoms with Gasteiger partial charge in [-0.1, -0.05) is 45.1 Å². The standard InChI is InChI=1S/C21H30O5/c1-4-15(13-22)7-5-6-8-20(25)26-19-10-9-16-11-17(23)18(24)12-21(16,3)14(19)2/h5-11,14-15,17-19,22-24H,4,12-13H2,1-3H3/b7-5+,8-6+/t14-,15-,17+,18+,19-,21+/m0/s1. The van der Waals surface area contributed by atoms with Crippen LogP contribution in [0.15, 0.2) is 48.1 Å². The maximum Gasteiger partial charge on any atom is 0.331 e. The number of hydrogen-bond acceptors (Lipinski definition) is 5. The Morgan fingerprint density at radius 2 is 2.15 bits per heavy atom. The van der Waals surface area contributed by atoms with Crippen molar-refractivity contribution in [2.24, 2.45) is 17.3 Å². The van der Waals surface area contributed by atoms with Gasteiger partial charge in [-0.05, 0) is 36.5 Å². The maximum atomic E-state index is 12.1. The van der Waals surface area contributed by atoms with E-state index in [4.69, 9.17) is 9.84 Å². The lowest BCUT2D eigenvalue weighted by Crippen LogP contribution is -2.46. The predicted molar refractivity (Wildman–Crippen MR) is 100 cm³/mol. The van der Waals surface area contributed by atoms with Crippen molar-refractivity contribution in [2.75, 3.05) is 6.61 Å². The first kappa shape index (κ1) is 20.6. The second kappa shape index (κ2) is 8.80. The van der Waals surface area contributed by atoms with Gasteiger partial charge in [-0.3, -0.25) is 0 Å². The van der Waals surface area contributed by atoms with Gasteiger partial charge >= 0.3 is 5.97 Å². The van der Waals surface area contributed by atoms with Gasteiger partial charge in [0, 0.05) is 24.0 Å². The third kappa shape index (κ3) is 4.53. The number of ether oxygens (including phenoxy) is 1. The zero-order valence-corrected chi connectivity index (χ0v) is 15.7. The smallest absolute Gasteiger partial charge is 0.331 e. The van der Waals surface area contributed by atoms with Crippen LogP contribution < -0.4 is 0 Å². The molecule has 0 saturated heterocycles. The molecule has 26 heavy (non-hydrogen) atoms. The zero-order valence-electron chi connectivity index (χ0n) is 15.7. The van der Waals surface area contributed by atoms with Gasteiger partial charge in [0.05, 0.1) is 12.2 Å². The van der Waals surface area contributed by atoms with Gasteiger partial charge in [-0.25, -0.2) is 4.79 Å². The summed E-state index contributed by atoms with van der Waals surface area (Å²) in [5.41, 5.74) is 0.625. The van der Waals surface area contributed by atoms with Crippen LogP contribution in [0, 0.1) is 17.3 Å². The fourth-order valence-corrected chi connectivity index (χ4v) is 3.58. The SMILES string of the molecule is CC[C@@H](/C=C/C=C/C(=O)O[C@H]1C=CC2=C[C@@H](O)[C@H](O)C[C@]2(C)[C@H]1C)CO. The van der Waals surface area contributed by atoms with Gasteiger partial charge < -0.3 is 20.1 Å². The highest BCUT2D eigenvalue weighted by Crippen LogP contribution is 2.48. The lowest BCUT2D eigenvalue weighted by Gasteiger charge is -2.47. The summed E-state index contributed by atoms with van der Waals surface area (Å²) >= 11 is 0. The Hall–Kier alpha value is -1.69. The summed E-state index contributed by atoms with van der Waals surface area (Å²) < 4.78 is 5.57. The van der Waals surface area contributed by atoms with Gasteiger partial charge in [0.25, 0.3) is 0 Å². The van der Waals surface area contributed by atoms with Gasteiger partial charge in [0.15, 0.2) is 0 Å². The molecule has 0 bridgehead atoms. The molecule has 0 saturated carbocycles. The van der Waals surface area contributed by atoms with Crippen LogP contribution in [-0.2, 0) is 9.53 Å². The Morgan fingerprint density at radius 1 is 1.42 bits per heavy atom. The van der Waals surface area contributed by atoms with E-state index in [1.807, 2.05) is 39.0 Å². The van der Waals surface area contributed by atoms with Crippen LogP contribution in [0.4, 0.5) is 0 Å². The van der Waals surface area contributed by atoms with Gasteiger partial charge in [0.2, 0.25) is 0 Å². The van der Waals surface area contributed by atoms with Crippen LogP contribution in [0.2, 0.25) is 0 Å². The zero-order chi connectivity index (χ0) is 19.3. The molecule has 5 heteroatoms. The van der Waals surface area contributed by atoms with Gasteiger partial charge in [0.1, 0.15) is 6.10 Å². The van der Waals surface area contributed by atoms with E-state index in [0.717, 1.165) is 12.0 Å². The Balaban J connectivity index is 2.01. The molecule has 2 aliphatic carbocycles. The van der Waals surface area contributed by atoms with Crippen LogP contribution in [0.5, 0.6) is 0 Å². The number of allylic oxidation sites excluding steroid dienone is 4. The number of carbonyl (C=O) groups excluding carboxylic acids is 1. The Kier molecular flexibility index (Phi) is 6.98. The highest BCUT2D eigenvalue weighted by atomic mass is 16.5. The van der Waals surface area contributed by atoms with Crippen molar-refractivity contribution in [1.29, 1.82) is 0 Å². The number of rotatable bonds is 6. The molecule has 0 fully saturated rings. The highest BCUT2D eigenvalue weighted by molar-refractivity contribution is 5.82. The van der Waals surface area contributed by atoms with E-state index < -0.39 is 18.2 Å². The van der Waals surface area contributed by atoms with Crippen LogP contribution in [-0.4, -0.2) is 46.2 Å². The van der Waals surface area contributed by atoms with E-state index in [2.05, 4.69) is 0 Å². The van der Waals surface area contributed by atoms with Crippen LogP contribution in [0.1, 0.15) is 33.6 Å². The summed E-state index contributed by atoms with van der Waals surface area (Å²) in [5, 5.41) is 29.0. The van der Waals surface area contributed by atoms with E-state index in [1.165, 1.54) is 6.08 Å². The predicted octanol–water partition coefficient (Wildman–Crippen LogP) is 2.29. The van der Waals surface area contributed by atoms with E-state index >= 15 is 0 Å². The van der Waals surface area contributed by atoms with Crippen molar-refractivity contribution in [3.63, 3.8) is 0 Å². The minimum Gasteiger partial charge on any atom is -0.455 e. The van der Waals surface area contributed by atoms with E-state index in [0.29, 0.717) is 6.42 Å². The summed E-state index contributed by atoms with van der Waals surface area (Å²) in [6.07, 6.45) is 11.2. The maximum absolute atomic E-state index is 12.1. The van der Waals surface area contributed by atoms with Crippen LogP contribution in [0.3, 0.4) is 0 Å². The molecule has 0 spiro atoms. The molecule has 2 aliphatic rings. The molecule has 6 atom stereocenters. The van der Waals surface area contributed by atoms with Gasteiger partial charge in [-0.15, -0.1) is 0 Å². The fourth-order valence-electron chi connectivity index (χ4n) is 3.58. The Bertz CT molecular complexity index is 614. The van der Waals surface area contributed by atoms with E-state index in [1.54, 1.807) is 18.2 Å². The summed E-state index contributed by atoms with van der Waals surface area (Å²) in [5.74, 6) is -0.358. The number of esters is 1. The van der Waals surface area contributed by atoms with E-state index in [-0.39, 0.29) is 30.0 Å². The van der Waals surface area contributed by atoms with Crippen molar-refractivity contribution in [3.05, 3.63) is 48.1 Å². The van der Waals surface area contributed by atoms with Crippen molar-refractivity contribution in [1.82, 2.24) is 0 Å². The molecule has 0 aromatic heterocycles. The quantitative estimate of drug-likeness (QED) is 0.383. The van der Waals surface area contributed by atoms with E-state index in [9.17, 15) is 15.0 Å². The molecule has 3 N–H and O–H groups in total. The Labute approximate surface area is 155 Å². The largest absolute Gasteiger partial charge is 0.455 e. The molecule has 0 aromatic rings.